The molecule has 0 aromatic heterocycles. The molecular formula is C42H88N3O2+. The fraction of sp³-hybridized carbons (Fsp3) is 1.00. The van der Waals surface area contributed by atoms with Gasteiger partial charge in [-0.2, -0.15) is 0 Å². The highest BCUT2D eigenvalue weighted by Crippen LogP contribution is 2.47. The molecule has 47 heavy (non-hydrogen) atoms. The summed E-state index contributed by atoms with van der Waals surface area (Å²) in [7, 11) is 6.69. The van der Waals surface area contributed by atoms with Crippen LogP contribution in [0.1, 0.15) is 200 Å². The van der Waals surface area contributed by atoms with E-state index >= 15 is 0 Å². The third kappa shape index (κ3) is 25.4. The predicted molar refractivity (Wildman–Crippen MR) is 206 cm³/mol. The highest BCUT2D eigenvalue weighted by molar-refractivity contribution is 4.88. The van der Waals surface area contributed by atoms with Crippen LogP contribution in [0.3, 0.4) is 0 Å². The van der Waals surface area contributed by atoms with Gasteiger partial charge in [0.05, 0.1) is 27.7 Å². The molecule has 6 atom stereocenters. The molecule has 0 amide bonds. The lowest BCUT2D eigenvalue weighted by atomic mass is 9.61. The highest BCUT2D eigenvalue weighted by atomic mass is 16.3. The summed E-state index contributed by atoms with van der Waals surface area (Å²) in [6.45, 7) is 6.76. The molecule has 0 aliphatic heterocycles. The largest absolute Gasteiger partial charge is 0.379 e. The third-order valence-electron chi connectivity index (χ3n) is 11.5. The Morgan fingerprint density at radius 1 is 0.553 bits per heavy atom. The number of hydrogen-bond donors (Lipinski definition) is 4. The van der Waals surface area contributed by atoms with Gasteiger partial charge < -0.3 is 20.4 Å². The van der Waals surface area contributed by atoms with Gasteiger partial charge in [-0.3, -0.25) is 5.32 Å². The number of rotatable bonds is 33. The molecule has 0 bridgehead atoms. The van der Waals surface area contributed by atoms with E-state index in [0.29, 0.717) is 0 Å². The summed E-state index contributed by atoms with van der Waals surface area (Å²) in [5.74, 6) is 3.89. The maximum Gasteiger partial charge on any atom is 0.104 e. The van der Waals surface area contributed by atoms with Crippen LogP contribution in [-0.4, -0.2) is 61.4 Å². The van der Waals surface area contributed by atoms with Crippen LogP contribution in [0, 0.1) is 23.7 Å². The van der Waals surface area contributed by atoms with E-state index in [9.17, 15) is 10.2 Å². The molecule has 5 heteroatoms. The summed E-state index contributed by atoms with van der Waals surface area (Å²) < 4.78 is 0.989. The molecule has 0 aromatic rings. The van der Waals surface area contributed by atoms with Crippen molar-refractivity contribution < 1.29 is 14.7 Å². The van der Waals surface area contributed by atoms with E-state index in [1.807, 2.05) is 0 Å². The third-order valence-corrected chi connectivity index (χ3v) is 11.5. The van der Waals surface area contributed by atoms with Crippen LogP contribution >= 0.6 is 0 Å². The summed E-state index contributed by atoms with van der Waals surface area (Å²) in [4.78, 5) is 0. The van der Waals surface area contributed by atoms with Crippen LogP contribution in [0.25, 0.3) is 0 Å². The van der Waals surface area contributed by atoms with Gasteiger partial charge in [-0.1, -0.05) is 142 Å². The molecule has 1 rings (SSSR count). The van der Waals surface area contributed by atoms with E-state index in [1.165, 1.54) is 154 Å². The lowest BCUT2D eigenvalue weighted by molar-refractivity contribution is -0.870. The molecule has 5 N–H and O–H groups in total. The van der Waals surface area contributed by atoms with Gasteiger partial charge in [-0.15, -0.1) is 0 Å². The molecule has 282 valence electrons. The van der Waals surface area contributed by atoms with Gasteiger partial charge in [0.2, 0.25) is 0 Å². The Morgan fingerprint density at radius 3 is 1.40 bits per heavy atom. The van der Waals surface area contributed by atoms with E-state index in [0.717, 1.165) is 73.3 Å². The van der Waals surface area contributed by atoms with E-state index in [-0.39, 0.29) is 6.23 Å². The smallest absolute Gasteiger partial charge is 0.104 e. The topological polar surface area (TPSA) is 78.5 Å². The normalized spacial score (nSPS) is 21.7. The van der Waals surface area contributed by atoms with E-state index < -0.39 is 6.23 Å². The Kier molecular flexibility index (Phi) is 28.2. The van der Waals surface area contributed by atoms with Crippen LogP contribution in [-0.2, 0) is 0 Å². The summed E-state index contributed by atoms with van der Waals surface area (Å²) in [5.41, 5.74) is 5.50. The Hall–Kier alpha value is -0.200. The highest BCUT2D eigenvalue weighted by Gasteiger charge is 2.37. The van der Waals surface area contributed by atoms with Crippen molar-refractivity contribution in [3.05, 3.63) is 0 Å². The first-order valence-corrected chi connectivity index (χ1v) is 21.3. The standard InChI is InChI=1S/C42H88N3O2/c1-6-8-10-20-27-37-33-34-38(28-21-16-15-19-25-32-42(47)44-35-26-36-45(3,4)5)40(39(37)29-22-11-9-7-2)30-23-17-13-12-14-18-24-31-41(43)46/h37-42,44,46-47H,6-36,43H2,1-5H3/q+1/t37?,38-,39?,40?,41?,42?/m1/s1. The number of quaternary nitrogens is 1. The van der Waals surface area contributed by atoms with Gasteiger partial charge in [0.1, 0.15) is 12.5 Å². The molecule has 1 fully saturated rings. The zero-order valence-corrected chi connectivity index (χ0v) is 32.8. The number of unbranched alkanes of at least 4 members (excludes halogenated alkanes) is 16. The molecule has 0 spiro atoms. The number of nitrogens with one attached hydrogen (secondary N) is 1. The van der Waals surface area contributed by atoms with Crippen molar-refractivity contribution in [3.8, 4) is 0 Å². The quantitative estimate of drug-likeness (QED) is 0.0319. The van der Waals surface area contributed by atoms with Gasteiger partial charge in [0, 0.05) is 13.0 Å². The Morgan fingerprint density at radius 2 is 0.957 bits per heavy atom. The average Bonchev–Trinajstić information content (AvgIpc) is 3.02. The van der Waals surface area contributed by atoms with E-state index in [2.05, 4.69) is 40.3 Å². The maximum atomic E-state index is 10.3. The van der Waals surface area contributed by atoms with Gasteiger partial charge in [0.15, 0.2) is 0 Å². The summed E-state index contributed by atoms with van der Waals surface area (Å²) in [6.07, 6.45) is 37.7. The van der Waals surface area contributed by atoms with Crippen molar-refractivity contribution in [3.63, 3.8) is 0 Å². The van der Waals surface area contributed by atoms with Gasteiger partial charge in [-0.05, 0) is 75.0 Å². The number of nitrogens with two attached hydrogens (primary N) is 1. The zero-order chi connectivity index (χ0) is 34.6. The van der Waals surface area contributed by atoms with Gasteiger partial charge in [-0.25, -0.2) is 0 Å². The van der Waals surface area contributed by atoms with Crippen molar-refractivity contribution >= 4 is 0 Å². The molecule has 0 aromatic carbocycles. The average molecular weight is 667 g/mol. The molecule has 5 unspecified atom stereocenters. The monoisotopic (exact) mass is 667 g/mol. The number of nitrogens with zero attached hydrogens (tertiary/aromatic N) is 1. The lowest BCUT2D eigenvalue weighted by Gasteiger charge is -2.44. The van der Waals surface area contributed by atoms with Crippen molar-refractivity contribution in [2.45, 2.75) is 213 Å². The van der Waals surface area contributed by atoms with E-state index in [1.54, 1.807) is 0 Å². The molecule has 0 radical (unpaired) electrons. The molecule has 0 saturated heterocycles. The second kappa shape index (κ2) is 29.5. The second-order valence-electron chi connectivity index (χ2n) is 16.9. The Labute approximate surface area is 295 Å². The second-order valence-corrected chi connectivity index (χ2v) is 16.9. The van der Waals surface area contributed by atoms with Crippen molar-refractivity contribution in [1.29, 1.82) is 0 Å². The fourth-order valence-corrected chi connectivity index (χ4v) is 8.63. The minimum absolute atomic E-state index is 0.333. The molecule has 1 saturated carbocycles. The van der Waals surface area contributed by atoms with Crippen molar-refractivity contribution in [2.75, 3.05) is 34.2 Å². The van der Waals surface area contributed by atoms with E-state index in [4.69, 9.17) is 5.73 Å². The van der Waals surface area contributed by atoms with Crippen molar-refractivity contribution in [1.82, 2.24) is 5.32 Å². The maximum absolute atomic E-state index is 10.3. The Bertz CT molecular complexity index is 667. The van der Waals surface area contributed by atoms with Crippen LogP contribution in [0.2, 0.25) is 0 Å². The molecule has 0 heterocycles. The molecule has 5 nitrogen and oxygen atoms in total. The van der Waals surface area contributed by atoms with Crippen LogP contribution < -0.4 is 11.1 Å². The number of aliphatic hydroxyl groups is 2. The first kappa shape index (κ1) is 44.8. The molecule has 1 aliphatic carbocycles. The number of aliphatic hydroxyl groups excluding tert-OH is 2. The first-order valence-electron chi connectivity index (χ1n) is 21.3. The predicted octanol–water partition coefficient (Wildman–Crippen LogP) is 10.7. The fourth-order valence-electron chi connectivity index (χ4n) is 8.63. The lowest BCUT2D eigenvalue weighted by Crippen LogP contribution is -2.38. The molecular weight excluding hydrogens is 578 g/mol. The number of hydrogen-bond acceptors (Lipinski definition) is 4. The SMILES string of the molecule is CCCCCCC1CC[C@@H](CCCCCCCC(O)NCCC[N+](C)(C)C)C(CCCCCCCCCC(N)O)C1CCCCCC. The Balaban J connectivity index is 2.55. The molecule has 1 aliphatic rings. The minimum Gasteiger partial charge on any atom is -0.379 e. The minimum atomic E-state index is -0.627. The summed E-state index contributed by atoms with van der Waals surface area (Å²) >= 11 is 0. The first-order chi connectivity index (χ1) is 22.7. The zero-order valence-electron chi connectivity index (χ0n) is 32.8. The van der Waals surface area contributed by atoms with Crippen LogP contribution in [0.5, 0.6) is 0 Å². The van der Waals surface area contributed by atoms with Gasteiger partial charge in [0.25, 0.3) is 0 Å². The van der Waals surface area contributed by atoms with Gasteiger partial charge >= 0.3 is 0 Å². The summed E-state index contributed by atoms with van der Waals surface area (Å²) in [5, 5.41) is 23.0. The van der Waals surface area contributed by atoms with Crippen LogP contribution in [0.15, 0.2) is 0 Å². The summed E-state index contributed by atoms with van der Waals surface area (Å²) in [6, 6.07) is 0. The van der Waals surface area contributed by atoms with Crippen molar-refractivity contribution in [2.24, 2.45) is 29.4 Å². The van der Waals surface area contributed by atoms with Crippen LogP contribution in [0.4, 0.5) is 0 Å².